The highest BCUT2D eigenvalue weighted by Crippen LogP contribution is 2.26. The number of hydrogen-bond acceptors (Lipinski definition) is 3. The minimum Gasteiger partial charge on any atom is -0.352 e. The van der Waals surface area contributed by atoms with E-state index < -0.39 is 10.0 Å². The number of sulfonamides is 1. The van der Waals surface area contributed by atoms with Gasteiger partial charge in [-0.25, -0.2) is 8.42 Å². The first kappa shape index (κ1) is 17.6. The van der Waals surface area contributed by atoms with E-state index in [-0.39, 0.29) is 20.8 Å². The van der Waals surface area contributed by atoms with Gasteiger partial charge in [0.25, 0.3) is 15.9 Å². The van der Waals surface area contributed by atoms with Gasteiger partial charge in [0.1, 0.15) is 4.90 Å². The lowest BCUT2D eigenvalue weighted by Gasteiger charge is -2.10. The molecule has 0 unspecified atom stereocenters. The van der Waals surface area contributed by atoms with Crippen LogP contribution in [0.2, 0.25) is 10.0 Å². The lowest BCUT2D eigenvalue weighted by Crippen LogP contribution is -2.22. The Hall–Kier alpha value is -1.76. The van der Waals surface area contributed by atoms with E-state index in [9.17, 15) is 13.2 Å². The number of anilines is 1. The summed E-state index contributed by atoms with van der Waals surface area (Å²) in [6.07, 6.45) is 0. The predicted molar refractivity (Wildman–Crippen MR) is 91.7 cm³/mol. The molecule has 8 heteroatoms. The van der Waals surface area contributed by atoms with Crippen LogP contribution in [0.25, 0.3) is 0 Å². The van der Waals surface area contributed by atoms with Crippen LogP contribution in [0.3, 0.4) is 0 Å². The maximum atomic E-state index is 12.4. The lowest BCUT2D eigenvalue weighted by molar-refractivity contribution is 0.0956. The Morgan fingerprint density at radius 3 is 2.35 bits per heavy atom. The molecule has 0 saturated heterocycles. The van der Waals surface area contributed by atoms with Crippen molar-refractivity contribution in [2.45, 2.75) is 11.8 Å². The van der Waals surface area contributed by atoms with Gasteiger partial charge < -0.3 is 5.32 Å². The third-order valence-electron chi connectivity index (χ3n) is 2.92. The van der Waals surface area contributed by atoms with E-state index in [1.807, 2.05) is 6.92 Å². The van der Waals surface area contributed by atoms with Gasteiger partial charge in [-0.05, 0) is 49.4 Å². The Morgan fingerprint density at radius 2 is 1.74 bits per heavy atom. The molecule has 5 nitrogen and oxygen atoms in total. The minimum absolute atomic E-state index is 0.0702. The molecule has 0 aromatic heterocycles. The van der Waals surface area contributed by atoms with Gasteiger partial charge in [0.15, 0.2) is 0 Å². The second-order valence-electron chi connectivity index (χ2n) is 4.62. The van der Waals surface area contributed by atoms with Crippen LogP contribution in [0.1, 0.15) is 17.3 Å². The standard InChI is InChI=1S/C15H14Cl2N2O3S/c1-2-18-15(20)10-3-6-12(7-4-10)19-23(21,22)14-9-11(16)5-8-13(14)17/h3-9,19H,2H2,1H3,(H,18,20). The Kier molecular flexibility index (Phi) is 5.51. The monoisotopic (exact) mass is 372 g/mol. The van der Waals surface area contributed by atoms with E-state index in [0.29, 0.717) is 17.8 Å². The predicted octanol–water partition coefficient (Wildman–Crippen LogP) is 3.54. The molecular weight excluding hydrogens is 359 g/mol. The molecule has 1 amide bonds. The summed E-state index contributed by atoms with van der Waals surface area (Å²) in [6, 6.07) is 10.3. The second-order valence-corrected chi connectivity index (χ2v) is 7.11. The van der Waals surface area contributed by atoms with E-state index >= 15 is 0 Å². The van der Waals surface area contributed by atoms with Crippen LogP contribution in [0, 0.1) is 0 Å². The van der Waals surface area contributed by atoms with Crippen molar-refractivity contribution in [1.29, 1.82) is 0 Å². The highest BCUT2D eigenvalue weighted by Gasteiger charge is 2.18. The fraction of sp³-hybridized carbons (Fsp3) is 0.133. The molecule has 23 heavy (non-hydrogen) atoms. The normalized spacial score (nSPS) is 11.1. The molecule has 0 atom stereocenters. The largest absolute Gasteiger partial charge is 0.352 e. The van der Waals surface area contributed by atoms with Gasteiger partial charge in [0.2, 0.25) is 0 Å². The summed E-state index contributed by atoms with van der Waals surface area (Å²) in [5.41, 5.74) is 0.754. The molecule has 2 aromatic carbocycles. The third kappa shape index (κ3) is 4.37. The summed E-state index contributed by atoms with van der Waals surface area (Å²) >= 11 is 11.7. The van der Waals surface area contributed by atoms with Crippen LogP contribution in [-0.4, -0.2) is 20.9 Å². The second kappa shape index (κ2) is 7.21. The van der Waals surface area contributed by atoms with Gasteiger partial charge in [-0.2, -0.15) is 0 Å². The Labute approximate surface area is 144 Å². The molecule has 2 aromatic rings. The van der Waals surface area contributed by atoms with Crippen molar-refractivity contribution in [3.05, 3.63) is 58.1 Å². The van der Waals surface area contributed by atoms with Crippen molar-refractivity contribution < 1.29 is 13.2 Å². The highest BCUT2D eigenvalue weighted by atomic mass is 35.5. The first-order chi connectivity index (χ1) is 10.8. The molecule has 0 aliphatic carbocycles. The van der Waals surface area contributed by atoms with Crippen LogP contribution in [0.5, 0.6) is 0 Å². The lowest BCUT2D eigenvalue weighted by atomic mass is 10.2. The summed E-state index contributed by atoms with van der Waals surface area (Å²) in [4.78, 5) is 11.6. The molecule has 2 N–H and O–H groups in total. The Balaban J connectivity index is 2.24. The van der Waals surface area contributed by atoms with Crippen molar-refractivity contribution in [2.24, 2.45) is 0 Å². The molecule has 0 aliphatic heterocycles. The molecule has 0 bridgehead atoms. The summed E-state index contributed by atoms with van der Waals surface area (Å²) < 4.78 is 27.1. The van der Waals surface area contributed by atoms with E-state index in [0.717, 1.165) is 0 Å². The zero-order chi connectivity index (χ0) is 17.0. The average Bonchev–Trinajstić information content (AvgIpc) is 2.50. The van der Waals surface area contributed by atoms with Crippen LogP contribution >= 0.6 is 23.2 Å². The van der Waals surface area contributed by atoms with Crippen LogP contribution in [-0.2, 0) is 10.0 Å². The molecule has 2 rings (SSSR count). The quantitative estimate of drug-likeness (QED) is 0.842. The van der Waals surface area contributed by atoms with Crippen molar-refractivity contribution in [3.63, 3.8) is 0 Å². The number of carbonyl (C=O) groups is 1. The molecule has 122 valence electrons. The summed E-state index contributed by atoms with van der Waals surface area (Å²) in [6.45, 7) is 2.33. The van der Waals surface area contributed by atoms with Crippen LogP contribution < -0.4 is 10.0 Å². The van der Waals surface area contributed by atoms with Crippen molar-refractivity contribution in [3.8, 4) is 0 Å². The van der Waals surface area contributed by atoms with Gasteiger partial charge in [0.05, 0.1) is 5.02 Å². The van der Waals surface area contributed by atoms with Crippen LogP contribution in [0.4, 0.5) is 5.69 Å². The van der Waals surface area contributed by atoms with E-state index in [4.69, 9.17) is 23.2 Å². The first-order valence-corrected chi connectivity index (χ1v) is 8.93. The number of rotatable bonds is 5. The topological polar surface area (TPSA) is 75.3 Å². The van der Waals surface area contributed by atoms with Gasteiger partial charge in [-0.3, -0.25) is 9.52 Å². The minimum atomic E-state index is -3.88. The number of benzene rings is 2. The molecule has 0 saturated carbocycles. The number of nitrogens with one attached hydrogen (secondary N) is 2. The fourth-order valence-electron chi connectivity index (χ4n) is 1.85. The maximum absolute atomic E-state index is 12.4. The highest BCUT2D eigenvalue weighted by molar-refractivity contribution is 7.92. The summed E-state index contributed by atoms with van der Waals surface area (Å²) in [5, 5.41) is 2.99. The average molecular weight is 373 g/mol. The molecule has 0 aliphatic rings. The van der Waals surface area contributed by atoms with Crippen molar-refractivity contribution in [1.82, 2.24) is 5.32 Å². The fourth-order valence-corrected chi connectivity index (χ4v) is 3.67. The van der Waals surface area contributed by atoms with E-state index in [1.54, 1.807) is 0 Å². The molecule has 0 heterocycles. The molecule has 0 fully saturated rings. The zero-order valence-corrected chi connectivity index (χ0v) is 14.5. The smallest absolute Gasteiger partial charge is 0.263 e. The Bertz CT molecular complexity index is 821. The van der Waals surface area contributed by atoms with Crippen molar-refractivity contribution >= 4 is 44.8 Å². The van der Waals surface area contributed by atoms with Gasteiger partial charge in [0, 0.05) is 22.8 Å². The number of amides is 1. The zero-order valence-electron chi connectivity index (χ0n) is 12.1. The summed E-state index contributed by atoms with van der Waals surface area (Å²) in [7, 11) is -3.88. The Morgan fingerprint density at radius 1 is 1.09 bits per heavy atom. The molecular formula is C15H14Cl2N2O3S. The number of carbonyl (C=O) groups excluding carboxylic acids is 1. The maximum Gasteiger partial charge on any atom is 0.263 e. The number of halogens is 2. The summed E-state index contributed by atoms with van der Waals surface area (Å²) in [5.74, 6) is -0.222. The molecule has 0 spiro atoms. The molecule has 0 radical (unpaired) electrons. The van der Waals surface area contributed by atoms with Crippen molar-refractivity contribution in [2.75, 3.05) is 11.3 Å². The van der Waals surface area contributed by atoms with E-state index in [1.165, 1.54) is 42.5 Å². The van der Waals surface area contributed by atoms with Crippen LogP contribution in [0.15, 0.2) is 47.4 Å². The SMILES string of the molecule is CCNC(=O)c1ccc(NS(=O)(=O)c2cc(Cl)ccc2Cl)cc1. The number of hydrogen-bond donors (Lipinski definition) is 2. The van der Waals surface area contributed by atoms with Gasteiger partial charge in [-0.15, -0.1) is 0 Å². The van der Waals surface area contributed by atoms with Gasteiger partial charge in [-0.1, -0.05) is 23.2 Å². The first-order valence-electron chi connectivity index (χ1n) is 6.69. The van der Waals surface area contributed by atoms with Gasteiger partial charge >= 0.3 is 0 Å². The van der Waals surface area contributed by atoms with E-state index in [2.05, 4.69) is 10.0 Å². The third-order valence-corrected chi connectivity index (χ3v) is 5.02.